The molecule has 2 rings (SSSR count). The Kier molecular flexibility index (Phi) is 3.96. The van der Waals surface area contributed by atoms with Crippen molar-refractivity contribution in [1.82, 2.24) is 9.88 Å². The minimum atomic E-state index is 0.464. The summed E-state index contributed by atoms with van der Waals surface area (Å²) in [5.74, 6) is 0.839. The van der Waals surface area contributed by atoms with Crippen molar-refractivity contribution in [3.8, 4) is 0 Å². The molecule has 1 aromatic heterocycles. The molecule has 1 fully saturated rings. The van der Waals surface area contributed by atoms with Crippen LogP contribution in [-0.2, 0) is 13.0 Å². The minimum absolute atomic E-state index is 0.464. The van der Waals surface area contributed by atoms with Crippen LogP contribution in [0, 0.1) is 0 Å². The second-order valence-corrected chi connectivity index (χ2v) is 4.42. The molecular weight excluding hydrogens is 202 g/mol. The van der Waals surface area contributed by atoms with Crippen molar-refractivity contribution in [3.05, 3.63) is 17.8 Å². The van der Waals surface area contributed by atoms with Gasteiger partial charge in [0.15, 0.2) is 5.89 Å². The Labute approximate surface area is 96.8 Å². The smallest absolute Gasteiger partial charge is 0.195 e. The highest BCUT2D eigenvalue weighted by molar-refractivity contribution is 4.97. The summed E-state index contributed by atoms with van der Waals surface area (Å²) in [6, 6.07) is 0.600. The normalized spacial score (nSPS) is 22.5. The standard InChI is InChI=1S/C12H21N3O/c1-2-15-6-4-3-5-11(15)7-12-14-10(8-13)9-16-12/h9,11H,2-8,13H2,1H3. The van der Waals surface area contributed by atoms with E-state index in [0.717, 1.165) is 24.6 Å². The molecule has 0 bridgehead atoms. The molecule has 0 aliphatic carbocycles. The van der Waals surface area contributed by atoms with E-state index >= 15 is 0 Å². The van der Waals surface area contributed by atoms with Crippen LogP contribution in [0.15, 0.2) is 10.7 Å². The molecule has 0 saturated carbocycles. The fourth-order valence-corrected chi connectivity index (χ4v) is 2.45. The predicted octanol–water partition coefficient (Wildman–Crippen LogP) is 1.55. The van der Waals surface area contributed by atoms with Gasteiger partial charge in [-0.25, -0.2) is 4.98 Å². The Hall–Kier alpha value is -0.870. The van der Waals surface area contributed by atoms with Gasteiger partial charge in [-0.1, -0.05) is 13.3 Å². The quantitative estimate of drug-likeness (QED) is 0.841. The second-order valence-electron chi connectivity index (χ2n) is 4.42. The number of hydrogen-bond acceptors (Lipinski definition) is 4. The number of likely N-dealkylation sites (tertiary alicyclic amines) is 1. The van der Waals surface area contributed by atoms with E-state index in [1.165, 1.54) is 25.8 Å². The van der Waals surface area contributed by atoms with Crippen molar-refractivity contribution in [2.45, 2.75) is 45.2 Å². The topological polar surface area (TPSA) is 55.3 Å². The molecule has 0 spiro atoms. The maximum Gasteiger partial charge on any atom is 0.195 e. The summed E-state index contributed by atoms with van der Waals surface area (Å²) in [5, 5.41) is 0. The second kappa shape index (κ2) is 5.46. The van der Waals surface area contributed by atoms with Gasteiger partial charge in [0.05, 0.1) is 5.69 Å². The van der Waals surface area contributed by atoms with Gasteiger partial charge in [-0.15, -0.1) is 0 Å². The van der Waals surface area contributed by atoms with E-state index in [1.807, 2.05) is 0 Å². The van der Waals surface area contributed by atoms with Crippen LogP contribution in [0.2, 0.25) is 0 Å². The summed E-state index contributed by atoms with van der Waals surface area (Å²) >= 11 is 0. The molecule has 1 aromatic rings. The molecule has 2 heterocycles. The summed E-state index contributed by atoms with van der Waals surface area (Å²) < 4.78 is 5.43. The number of rotatable bonds is 4. The zero-order valence-electron chi connectivity index (χ0n) is 9.98. The van der Waals surface area contributed by atoms with Gasteiger partial charge in [0.2, 0.25) is 0 Å². The van der Waals surface area contributed by atoms with Crippen LogP contribution in [0.5, 0.6) is 0 Å². The Morgan fingerprint density at radius 1 is 1.56 bits per heavy atom. The summed E-state index contributed by atoms with van der Waals surface area (Å²) in [6.07, 6.45) is 6.51. The van der Waals surface area contributed by atoms with Crippen molar-refractivity contribution in [1.29, 1.82) is 0 Å². The van der Waals surface area contributed by atoms with Crippen molar-refractivity contribution in [2.24, 2.45) is 5.73 Å². The molecule has 4 heteroatoms. The van der Waals surface area contributed by atoms with E-state index in [-0.39, 0.29) is 0 Å². The van der Waals surface area contributed by atoms with Crippen LogP contribution in [0.4, 0.5) is 0 Å². The highest BCUT2D eigenvalue weighted by Gasteiger charge is 2.22. The molecule has 1 aliphatic rings. The predicted molar refractivity (Wildman–Crippen MR) is 63.0 cm³/mol. The first-order valence-corrected chi connectivity index (χ1v) is 6.21. The zero-order valence-corrected chi connectivity index (χ0v) is 9.98. The van der Waals surface area contributed by atoms with Crippen molar-refractivity contribution < 1.29 is 4.42 Å². The number of oxazole rings is 1. The summed E-state index contributed by atoms with van der Waals surface area (Å²) in [6.45, 7) is 5.02. The van der Waals surface area contributed by atoms with Gasteiger partial charge < -0.3 is 15.1 Å². The molecule has 90 valence electrons. The molecule has 0 aromatic carbocycles. The van der Waals surface area contributed by atoms with Crippen LogP contribution in [-0.4, -0.2) is 29.0 Å². The van der Waals surface area contributed by atoms with E-state index in [0.29, 0.717) is 12.6 Å². The van der Waals surface area contributed by atoms with Gasteiger partial charge in [0.1, 0.15) is 6.26 Å². The largest absolute Gasteiger partial charge is 0.449 e. The van der Waals surface area contributed by atoms with E-state index in [1.54, 1.807) is 6.26 Å². The summed E-state index contributed by atoms with van der Waals surface area (Å²) in [4.78, 5) is 6.90. The van der Waals surface area contributed by atoms with Gasteiger partial charge in [-0.3, -0.25) is 0 Å². The lowest BCUT2D eigenvalue weighted by Crippen LogP contribution is -2.40. The van der Waals surface area contributed by atoms with Gasteiger partial charge in [-0.2, -0.15) is 0 Å². The summed E-state index contributed by atoms with van der Waals surface area (Å²) in [7, 11) is 0. The number of hydrogen-bond donors (Lipinski definition) is 1. The molecule has 2 N–H and O–H groups in total. The van der Waals surface area contributed by atoms with Crippen LogP contribution in [0.1, 0.15) is 37.8 Å². The Morgan fingerprint density at radius 2 is 2.44 bits per heavy atom. The molecule has 1 unspecified atom stereocenters. The third kappa shape index (κ3) is 2.62. The molecule has 4 nitrogen and oxygen atoms in total. The molecule has 1 saturated heterocycles. The van der Waals surface area contributed by atoms with Crippen LogP contribution in [0.3, 0.4) is 0 Å². The average Bonchev–Trinajstić information content (AvgIpc) is 2.77. The molecule has 0 radical (unpaired) electrons. The van der Waals surface area contributed by atoms with Gasteiger partial charge in [0, 0.05) is 19.0 Å². The first kappa shape index (κ1) is 11.6. The third-order valence-corrected chi connectivity index (χ3v) is 3.37. The minimum Gasteiger partial charge on any atom is -0.449 e. The van der Waals surface area contributed by atoms with E-state index in [2.05, 4.69) is 16.8 Å². The lowest BCUT2D eigenvalue weighted by atomic mass is 9.99. The molecule has 16 heavy (non-hydrogen) atoms. The van der Waals surface area contributed by atoms with Crippen LogP contribution in [0.25, 0.3) is 0 Å². The number of aromatic nitrogens is 1. The van der Waals surface area contributed by atoms with Crippen LogP contribution >= 0.6 is 0 Å². The van der Waals surface area contributed by atoms with Gasteiger partial charge >= 0.3 is 0 Å². The first-order valence-electron chi connectivity index (χ1n) is 6.21. The Morgan fingerprint density at radius 3 is 3.12 bits per heavy atom. The Balaban J connectivity index is 1.96. The highest BCUT2D eigenvalue weighted by atomic mass is 16.3. The monoisotopic (exact) mass is 223 g/mol. The third-order valence-electron chi connectivity index (χ3n) is 3.37. The molecule has 0 amide bonds. The number of nitrogens with two attached hydrogens (primary N) is 1. The number of likely N-dealkylation sites (N-methyl/N-ethyl adjacent to an activating group) is 1. The maximum absolute atomic E-state index is 5.52. The number of piperidine rings is 1. The lowest BCUT2D eigenvalue weighted by Gasteiger charge is -2.34. The molecule has 1 atom stereocenters. The van der Waals surface area contributed by atoms with Gasteiger partial charge in [0.25, 0.3) is 0 Å². The van der Waals surface area contributed by atoms with Crippen LogP contribution < -0.4 is 5.73 Å². The van der Waals surface area contributed by atoms with E-state index in [9.17, 15) is 0 Å². The fourth-order valence-electron chi connectivity index (χ4n) is 2.45. The first-order chi connectivity index (χ1) is 7.83. The number of nitrogens with zero attached hydrogens (tertiary/aromatic N) is 2. The highest BCUT2D eigenvalue weighted by Crippen LogP contribution is 2.20. The molecular formula is C12H21N3O. The maximum atomic E-state index is 5.52. The molecule has 1 aliphatic heterocycles. The van der Waals surface area contributed by atoms with Crippen molar-refractivity contribution >= 4 is 0 Å². The van der Waals surface area contributed by atoms with Crippen molar-refractivity contribution in [2.75, 3.05) is 13.1 Å². The zero-order chi connectivity index (χ0) is 11.4. The summed E-state index contributed by atoms with van der Waals surface area (Å²) in [5.41, 5.74) is 6.37. The lowest BCUT2D eigenvalue weighted by molar-refractivity contribution is 0.149. The van der Waals surface area contributed by atoms with Gasteiger partial charge in [-0.05, 0) is 25.9 Å². The Bertz CT molecular complexity index is 324. The van der Waals surface area contributed by atoms with E-state index in [4.69, 9.17) is 10.2 Å². The fraction of sp³-hybridized carbons (Fsp3) is 0.750. The van der Waals surface area contributed by atoms with Crippen molar-refractivity contribution in [3.63, 3.8) is 0 Å². The average molecular weight is 223 g/mol. The van der Waals surface area contributed by atoms with E-state index < -0.39 is 0 Å². The SMILES string of the molecule is CCN1CCCCC1Cc1nc(CN)co1.